The number of hydrogen-bond donors (Lipinski definition) is 0. The zero-order valence-corrected chi connectivity index (χ0v) is 8.70. The fraction of sp³-hybridized carbons (Fsp3) is 0.333. The molecule has 0 radical (unpaired) electrons. The molecule has 0 aliphatic carbocycles. The molecule has 0 saturated heterocycles. The number of methoxy groups -OCH3 is 2. The molecule has 0 heterocycles. The Labute approximate surface area is 75.1 Å². The summed E-state index contributed by atoms with van der Waals surface area (Å²) >= 11 is 0. The molecular weight excluding hydrogens is 171 g/mol. The van der Waals surface area contributed by atoms with Crippen LogP contribution in [0.4, 0.5) is 0 Å². The van der Waals surface area contributed by atoms with Crippen LogP contribution in [0.5, 0.6) is 11.5 Å². The smallest absolute Gasteiger partial charge is 0.129 e. The Kier molecular flexibility index (Phi) is 2.93. The quantitative estimate of drug-likeness (QED) is 0.648. The summed E-state index contributed by atoms with van der Waals surface area (Å²) in [5, 5.41) is 1.05. The van der Waals surface area contributed by atoms with Gasteiger partial charge in [0, 0.05) is 11.4 Å². The molecule has 0 spiro atoms. The molecule has 66 valence electrons. The zero-order chi connectivity index (χ0) is 9.14. The zero-order valence-electron chi connectivity index (χ0n) is 7.55. The number of hydrogen-bond acceptors (Lipinski definition) is 2. The van der Waals surface area contributed by atoms with Crippen molar-refractivity contribution in [2.75, 3.05) is 14.2 Å². The van der Waals surface area contributed by atoms with E-state index in [1.54, 1.807) is 14.2 Å². The molecule has 0 aliphatic heterocycles. The van der Waals surface area contributed by atoms with Crippen molar-refractivity contribution in [3.63, 3.8) is 0 Å². The summed E-state index contributed by atoms with van der Waals surface area (Å²) in [5.41, 5.74) is 1.11. The molecule has 0 aliphatic rings. The van der Waals surface area contributed by atoms with E-state index in [4.69, 9.17) is 9.47 Å². The van der Waals surface area contributed by atoms with Crippen LogP contribution in [-0.2, 0) is 0 Å². The summed E-state index contributed by atoms with van der Waals surface area (Å²) in [5.74, 6) is 1.69. The normalized spacial score (nSPS) is 9.67. The summed E-state index contributed by atoms with van der Waals surface area (Å²) in [6, 6.07) is 3.90. The van der Waals surface area contributed by atoms with E-state index in [0.29, 0.717) is 0 Å². The van der Waals surface area contributed by atoms with Crippen molar-refractivity contribution in [3.05, 3.63) is 17.7 Å². The van der Waals surface area contributed by atoms with Crippen LogP contribution in [0.25, 0.3) is 0 Å². The minimum Gasteiger partial charge on any atom is -0.496 e. The van der Waals surface area contributed by atoms with Crippen molar-refractivity contribution in [3.8, 4) is 11.5 Å². The Morgan fingerprint density at radius 3 is 2.17 bits per heavy atom. The van der Waals surface area contributed by atoms with Gasteiger partial charge in [-0.25, -0.2) is 0 Å². The average Bonchev–Trinajstić information content (AvgIpc) is 2.05. The van der Waals surface area contributed by atoms with Crippen LogP contribution in [0.15, 0.2) is 12.1 Å². The van der Waals surface area contributed by atoms with Crippen molar-refractivity contribution in [2.45, 2.75) is 6.92 Å². The van der Waals surface area contributed by atoms with Crippen molar-refractivity contribution < 1.29 is 9.47 Å². The fourth-order valence-corrected chi connectivity index (χ4v) is 1.54. The van der Waals surface area contributed by atoms with Gasteiger partial charge in [0.05, 0.1) is 14.2 Å². The van der Waals surface area contributed by atoms with E-state index in [0.717, 1.165) is 22.4 Å². The van der Waals surface area contributed by atoms with Gasteiger partial charge < -0.3 is 9.47 Å². The minimum absolute atomic E-state index is 0.836. The molecular formula is C9H13O2P. The molecule has 2 nitrogen and oxygen atoms in total. The molecule has 1 aromatic rings. The molecule has 0 fully saturated rings. The highest BCUT2D eigenvalue weighted by Gasteiger charge is 2.03. The second kappa shape index (κ2) is 3.77. The highest BCUT2D eigenvalue weighted by molar-refractivity contribution is 7.27. The Morgan fingerprint density at radius 1 is 1.08 bits per heavy atom. The molecule has 0 N–H and O–H groups in total. The van der Waals surface area contributed by atoms with Gasteiger partial charge in [0.1, 0.15) is 11.5 Å². The molecule has 1 unspecified atom stereocenters. The van der Waals surface area contributed by atoms with Crippen LogP contribution in [0.2, 0.25) is 0 Å². The van der Waals surface area contributed by atoms with E-state index in [2.05, 4.69) is 9.24 Å². The van der Waals surface area contributed by atoms with Gasteiger partial charge in [0.2, 0.25) is 0 Å². The first-order chi connectivity index (χ1) is 5.69. The number of benzene rings is 1. The van der Waals surface area contributed by atoms with Crippen LogP contribution in [0.1, 0.15) is 5.56 Å². The van der Waals surface area contributed by atoms with Crippen LogP contribution >= 0.6 is 9.24 Å². The van der Waals surface area contributed by atoms with Crippen LogP contribution in [0.3, 0.4) is 0 Å². The van der Waals surface area contributed by atoms with Crippen molar-refractivity contribution in [1.29, 1.82) is 0 Å². The first kappa shape index (κ1) is 9.34. The molecule has 0 amide bonds. The molecule has 1 atom stereocenters. The molecule has 0 bridgehead atoms. The lowest BCUT2D eigenvalue weighted by atomic mass is 10.2. The first-order valence-electron chi connectivity index (χ1n) is 3.67. The maximum atomic E-state index is 5.15. The number of ether oxygens (including phenoxy) is 2. The molecule has 0 aromatic heterocycles. The number of aryl methyl sites for hydroxylation is 1. The molecule has 0 saturated carbocycles. The summed E-state index contributed by atoms with van der Waals surface area (Å²) in [4.78, 5) is 0. The Hall–Kier alpha value is -0.750. The predicted octanol–water partition coefficient (Wildman–Crippen LogP) is 1.51. The monoisotopic (exact) mass is 184 g/mol. The van der Waals surface area contributed by atoms with Gasteiger partial charge in [-0.3, -0.25) is 0 Å². The van der Waals surface area contributed by atoms with Gasteiger partial charge in [0.25, 0.3) is 0 Å². The van der Waals surface area contributed by atoms with Crippen molar-refractivity contribution >= 4 is 14.5 Å². The lowest BCUT2D eigenvalue weighted by Crippen LogP contribution is -2.00. The summed E-state index contributed by atoms with van der Waals surface area (Å²) < 4.78 is 10.3. The Balaban J connectivity index is 3.18. The SMILES string of the molecule is COc1cc(OC)c(P)cc1C. The van der Waals surface area contributed by atoms with E-state index in [1.807, 2.05) is 19.1 Å². The average molecular weight is 184 g/mol. The van der Waals surface area contributed by atoms with Crippen molar-refractivity contribution in [1.82, 2.24) is 0 Å². The van der Waals surface area contributed by atoms with Gasteiger partial charge in [-0.1, -0.05) is 0 Å². The van der Waals surface area contributed by atoms with E-state index in [-0.39, 0.29) is 0 Å². The number of rotatable bonds is 2. The van der Waals surface area contributed by atoms with Gasteiger partial charge >= 0.3 is 0 Å². The second-order valence-corrected chi connectivity index (χ2v) is 3.19. The van der Waals surface area contributed by atoms with Crippen molar-refractivity contribution in [2.24, 2.45) is 0 Å². The van der Waals surface area contributed by atoms with Crippen LogP contribution in [0, 0.1) is 6.92 Å². The highest BCUT2D eigenvalue weighted by atomic mass is 31.0. The largest absolute Gasteiger partial charge is 0.496 e. The Morgan fingerprint density at radius 2 is 1.67 bits per heavy atom. The third-order valence-electron chi connectivity index (χ3n) is 1.75. The standard InChI is InChI=1S/C9H13O2P/c1-6-4-9(12)8(11-3)5-7(6)10-2/h4-5H,12H2,1-3H3. The van der Waals surface area contributed by atoms with E-state index >= 15 is 0 Å². The maximum Gasteiger partial charge on any atom is 0.129 e. The van der Waals surface area contributed by atoms with Crippen LogP contribution < -0.4 is 14.8 Å². The third kappa shape index (κ3) is 1.70. The maximum absolute atomic E-state index is 5.15. The fourth-order valence-electron chi connectivity index (χ4n) is 1.09. The lowest BCUT2D eigenvalue weighted by Gasteiger charge is -2.09. The molecule has 1 rings (SSSR count). The highest BCUT2D eigenvalue weighted by Crippen LogP contribution is 2.23. The van der Waals surface area contributed by atoms with Gasteiger partial charge in [0.15, 0.2) is 0 Å². The predicted molar refractivity (Wildman–Crippen MR) is 53.6 cm³/mol. The van der Waals surface area contributed by atoms with Gasteiger partial charge in [-0.2, -0.15) is 0 Å². The Bertz CT molecular complexity index is 259. The first-order valence-corrected chi connectivity index (χ1v) is 4.25. The van der Waals surface area contributed by atoms with E-state index < -0.39 is 0 Å². The second-order valence-electron chi connectivity index (χ2n) is 2.56. The summed E-state index contributed by atoms with van der Waals surface area (Å²) in [6.07, 6.45) is 0. The van der Waals surface area contributed by atoms with E-state index in [9.17, 15) is 0 Å². The van der Waals surface area contributed by atoms with Gasteiger partial charge in [-0.05, 0) is 18.6 Å². The van der Waals surface area contributed by atoms with Crippen LogP contribution in [-0.4, -0.2) is 14.2 Å². The molecule has 12 heavy (non-hydrogen) atoms. The minimum atomic E-state index is 0.836. The summed E-state index contributed by atoms with van der Waals surface area (Å²) in [6.45, 7) is 2.01. The van der Waals surface area contributed by atoms with E-state index in [1.165, 1.54) is 0 Å². The molecule has 3 heteroatoms. The third-order valence-corrected chi connectivity index (χ3v) is 2.20. The van der Waals surface area contributed by atoms with Gasteiger partial charge in [-0.15, -0.1) is 9.24 Å². The summed E-state index contributed by atoms with van der Waals surface area (Å²) in [7, 11) is 5.94. The topological polar surface area (TPSA) is 18.5 Å². The molecule has 1 aromatic carbocycles. The lowest BCUT2D eigenvalue weighted by molar-refractivity contribution is 0.394.